The van der Waals surface area contributed by atoms with Crippen molar-refractivity contribution in [3.8, 4) is 11.1 Å². The van der Waals surface area contributed by atoms with Gasteiger partial charge in [-0.25, -0.2) is 0 Å². The van der Waals surface area contributed by atoms with Crippen LogP contribution < -0.4 is 5.32 Å². The van der Waals surface area contributed by atoms with Crippen molar-refractivity contribution in [3.63, 3.8) is 0 Å². The summed E-state index contributed by atoms with van der Waals surface area (Å²) in [6.45, 7) is 4.18. The van der Waals surface area contributed by atoms with Gasteiger partial charge in [0.25, 0.3) is 0 Å². The Morgan fingerprint density at radius 3 is 2.50 bits per heavy atom. The van der Waals surface area contributed by atoms with E-state index in [9.17, 15) is 4.79 Å². The van der Waals surface area contributed by atoms with Crippen LogP contribution in [0.25, 0.3) is 11.1 Å². The number of hydrogen-bond acceptors (Lipinski definition) is 1. The molecule has 2 aromatic rings. The van der Waals surface area contributed by atoms with Gasteiger partial charge < -0.3 is 5.32 Å². The zero-order valence-electron chi connectivity index (χ0n) is 11.5. The third-order valence-corrected chi connectivity index (χ3v) is 3.15. The molecule has 2 aromatic carbocycles. The lowest BCUT2D eigenvalue weighted by atomic mass is 10.00. The third kappa shape index (κ3) is 3.82. The number of nitrogens with one attached hydrogen (secondary N) is 1. The third-order valence-electron chi connectivity index (χ3n) is 3.15. The van der Waals surface area contributed by atoms with Crippen molar-refractivity contribution in [1.82, 2.24) is 5.32 Å². The molecule has 2 nitrogen and oxygen atoms in total. The molecule has 2 heteroatoms. The maximum absolute atomic E-state index is 11.7. The largest absolute Gasteiger partial charge is 0.352 e. The van der Waals surface area contributed by atoms with E-state index in [1.54, 1.807) is 6.08 Å². The van der Waals surface area contributed by atoms with E-state index < -0.39 is 0 Å². The molecule has 1 N–H and O–H groups in total. The van der Waals surface area contributed by atoms with E-state index in [0.29, 0.717) is 19.4 Å². The van der Waals surface area contributed by atoms with E-state index in [1.807, 2.05) is 30.3 Å². The number of hydrogen-bond donors (Lipinski definition) is 1. The van der Waals surface area contributed by atoms with E-state index >= 15 is 0 Å². The zero-order valence-corrected chi connectivity index (χ0v) is 11.5. The molecule has 2 rings (SSSR count). The molecule has 0 unspecified atom stereocenters. The van der Waals surface area contributed by atoms with Gasteiger partial charge in [0, 0.05) is 13.0 Å². The lowest BCUT2D eigenvalue weighted by molar-refractivity contribution is -0.121. The maximum Gasteiger partial charge on any atom is 0.220 e. The van der Waals surface area contributed by atoms with Crippen LogP contribution in [-0.4, -0.2) is 5.91 Å². The van der Waals surface area contributed by atoms with Crippen molar-refractivity contribution in [1.29, 1.82) is 0 Å². The lowest BCUT2D eigenvalue weighted by Gasteiger charge is -2.10. The molecule has 20 heavy (non-hydrogen) atoms. The summed E-state index contributed by atoms with van der Waals surface area (Å²) >= 11 is 0. The standard InChI is InChI=1S/C18H19NO/c1-2-3-13-18(20)19-14-16-11-7-8-12-17(16)15-9-5-4-6-10-15/h2,4-12H,1,3,13-14H2,(H,19,20). The molecular weight excluding hydrogens is 246 g/mol. The fourth-order valence-electron chi connectivity index (χ4n) is 2.09. The fraction of sp³-hybridized carbons (Fsp3) is 0.167. The first-order valence-corrected chi connectivity index (χ1v) is 6.82. The Bertz CT molecular complexity index is 575. The Morgan fingerprint density at radius 1 is 1.05 bits per heavy atom. The van der Waals surface area contributed by atoms with Crippen LogP contribution in [0, 0.1) is 0 Å². The second-order valence-electron chi connectivity index (χ2n) is 4.63. The summed E-state index contributed by atoms with van der Waals surface area (Å²) in [5, 5.41) is 2.96. The van der Waals surface area contributed by atoms with Gasteiger partial charge in [0.15, 0.2) is 0 Å². The van der Waals surface area contributed by atoms with Gasteiger partial charge in [-0.2, -0.15) is 0 Å². The van der Waals surface area contributed by atoms with Crippen LogP contribution in [0.1, 0.15) is 18.4 Å². The van der Waals surface area contributed by atoms with Gasteiger partial charge in [-0.05, 0) is 23.1 Å². The van der Waals surface area contributed by atoms with Crippen LogP contribution in [0.3, 0.4) is 0 Å². The molecule has 0 aliphatic carbocycles. The highest BCUT2D eigenvalue weighted by atomic mass is 16.1. The Balaban J connectivity index is 2.09. The molecule has 0 aliphatic heterocycles. The van der Waals surface area contributed by atoms with Crippen LogP contribution in [0.2, 0.25) is 0 Å². The summed E-state index contributed by atoms with van der Waals surface area (Å²) in [5.41, 5.74) is 3.46. The lowest BCUT2D eigenvalue weighted by Crippen LogP contribution is -2.22. The molecule has 102 valence electrons. The first kappa shape index (κ1) is 14.1. The Kier molecular flexibility index (Phi) is 5.13. The molecule has 0 heterocycles. The van der Waals surface area contributed by atoms with Crippen LogP contribution in [-0.2, 0) is 11.3 Å². The van der Waals surface area contributed by atoms with E-state index in [-0.39, 0.29) is 5.91 Å². The summed E-state index contributed by atoms with van der Waals surface area (Å²) < 4.78 is 0. The number of amides is 1. The highest BCUT2D eigenvalue weighted by Crippen LogP contribution is 2.23. The number of rotatable bonds is 6. The predicted octanol–water partition coefficient (Wildman–Crippen LogP) is 3.94. The Hall–Kier alpha value is -2.35. The molecule has 0 bridgehead atoms. The van der Waals surface area contributed by atoms with Crippen molar-refractivity contribution in [2.24, 2.45) is 0 Å². The molecule has 0 radical (unpaired) electrons. The minimum absolute atomic E-state index is 0.0627. The zero-order chi connectivity index (χ0) is 14.2. The van der Waals surface area contributed by atoms with Gasteiger partial charge in [0.1, 0.15) is 0 Å². The highest BCUT2D eigenvalue weighted by Gasteiger charge is 2.05. The van der Waals surface area contributed by atoms with Crippen LogP contribution in [0.4, 0.5) is 0 Å². The van der Waals surface area contributed by atoms with Gasteiger partial charge >= 0.3 is 0 Å². The monoisotopic (exact) mass is 265 g/mol. The number of benzene rings is 2. The number of allylic oxidation sites excluding steroid dienone is 1. The van der Waals surface area contributed by atoms with Crippen molar-refractivity contribution in [2.45, 2.75) is 19.4 Å². The van der Waals surface area contributed by atoms with Gasteiger partial charge in [0.2, 0.25) is 5.91 Å². The average molecular weight is 265 g/mol. The van der Waals surface area contributed by atoms with E-state index in [0.717, 1.165) is 11.1 Å². The van der Waals surface area contributed by atoms with Crippen molar-refractivity contribution >= 4 is 5.91 Å². The maximum atomic E-state index is 11.7. The first-order valence-electron chi connectivity index (χ1n) is 6.82. The fourth-order valence-corrected chi connectivity index (χ4v) is 2.09. The van der Waals surface area contributed by atoms with E-state index in [1.165, 1.54) is 5.56 Å². The smallest absolute Gasteiger partial charge is 0.220 e. The van der Waals surface area contributed by atoms with Crippen molar-refractivity contribution in [2.75, 3.05) is 0 Å². The Labute approximate surface area is 120 Å². The van der Waals surface area contributed by atoms with Gasteiger partial charge in [0.05, 0.1) is 0 Å². The van der Waals surface area contributed by atoms with Crippen LogP contribution in [0.5, 0.6) is 0 Å². The minimum Gasteiger partial charge on any atom is -0.352 e. The number of carbonyl (C=O) groups excluding carboxylic acids is 1. The van der Waals surface area contributed by atoms with Crippen molar-refractivity contribution in [3.05, 3.63) is 72.8 Å². The van der Waals surface area contributed by atoms with Crippen molar-refractivity contribution < 1.29 is 4.79 Å². The molecule has 0 aliphatic rings. The topological polar surface area (TPSA) is 29.1 Å². The normalized spacial score (nSPS) is 10.0. The van der Waals surface area contributed by atoms with E-state index in [4.69, 9.17) is 0 Å². The molecule has 0 spiro atoms. The molecule has 0 saturated carbocycles. The van der Waals surface area contributed by atoms with E-state index in [2.05, 4.69) is 36.2 Å². The number of carbonyl (C=O) groups is 1. The molecule has 0 atom stereocenters. The summed E-state index contributed by atoms with van der Waals surface area (Å²) in [5.74, 6) is 0.0627. The second-order valence-corrected chi connectivity index (χ2v) is 4.63. The average Bonchev–Trinajstić information content (AvgIpc) is 2.52. The molecule has 0 aromatic heterocycles. The SMILES string of the molecule is C=CCCC(=O)NCc1ccccc1-c1ccccc1. The quantitative estimate of drug-likeness (QED) is 0.788. The predicted molar refractivity (Wildman–Crippen MR) is 83.2 cm³/mol. The highest BCUT2D eigenvalue weighted by molar-refractivity contribution is 5.76. The molecule has 0 saturated heterocycles. The summed E-state index contributed by atoms with van der Waals surface area (Å²) in [6, 6.07) is 18.4. The molecular formula is C18H19NO. The summed E-state index contributed by atoms with van der Waals surface area (Å²) in [7, 11) is 0. The molecule has 1 amide bonds. The summed E-state index contributed by atoms with van der Waals surface area (Å²) in [4.78, 5) is 11.7. The second kappa shape index (κ2) is 7.29. The molecule has 0 fully saturated rings. The summed E-state index contributed by atoms with van der Waals surface area (Å²) in [6.07, 6.45) is 2.97. The van der Waals surface area contributed by atoms with Crippen LogP contribution >= 0.6 is 0 Å². The minimum atomic E-state index is 0.0627. The first-order chi connectivity index (χ1) is 9.81. The van der Waals surface area contributed by atoms with Gasteiger partial charge in [-0.15, -0.1) is 6.58 Å². The van der Waals surface area contributed by atoms with Gasteiger partial charge in [-0.1, -0.05) is 60.7 Å². The van der Waals surface area contributed by atoms with Gasteiger partial charge in [-0.3, -0.25) is 4.79 Å². The Morgan fingerprint density at radius 2 is 1.75 bits per heavy atom. The van der Waals surface area contributed by atoms with Crippen LogP contribution in [0.15, 0.2) is 67.3 Å².